The van der Waals surface area contributed by atoms with Gasteiger partial charge in [-0.15, -0.1) is 0 Å². The number of hydroxylamine groups is 1. The van der Waals surface area contributed by atoms with Gasteiger partial charge < -0.3 is 10.7 Å². The molecule has 0 radical (unpaired) electrons. The second-order valence-electron chi connectivity index (χ2n) is 1.94. The summed E-state index contributed by atoms with van der Waals surface area (Å²) in [6.45, 7) is 0. The van der Waals surface area contributed by atoms with Gasteiger partial charge in [0.05, 0.1) is 0 Å². The van der Waals surface area contributed by atoms with Crippen LogP contribution in [0.2, 0.25) is 5.02 Å². The maximum Gasteiger partial charge on any atom is 1.00 e. The van der Waals surface area contributed by atoms with Crippen molar-refractivity contribution in [1.29, 1.82) is 0 Å². The Hall–Kier alpha value is 0.576. The molecule has 0 aromatic heterocycles. The second kappa shape index (κ2) is 6.09. The molecule has 0 saturated heterocycles. The third-order valence-corrected chi connectivity index (χ3v) is 1.45. The van der Waals surface area contributed by atoms with Gasteiger partial charge in [0.1, 0.15) is 0 Å². The van der Waals surface area contributed by atoms with Crippen LogP contribution in [0.5, 0.6) is 0 Å². The van der Waals surface area contributed by atoms with E-state index in [1.807, 2.05) is 0 Å². The van der Waals surface area contributed by atoms with E-state index >= 15 is 0 Å². The van der Waals surface area contributed by atoms with Crippen molar-refractivity contribution < 1.29 is 56.2 Å². The molecule has 0 atom stereocenters. The average Bonchev–Trinajstić information content (AvgIpc) is 2.05. The molecule has 0 aliphatic carbocycles. The van der Waals surface area contributed by atoms with Crippen LogP contribution in [0.25, 0.3) is 0 Å². The van der Waals surface area contributed by atoms with E-state index in [1.54, 1.807) is 12.1 Å². The molecule has 1 aromatic rings. The minimum atomic E-state index is -0.651. The summed E-state index contributed by atoms with van der Waals surface area (Å²) in [5, 5.41) is 10.4. The Balaban J connectivity index is 0.00000121. The van der Waals surface area contributed by atoms with Gasteiger partial charge in [-0.1, -0.05) is 11.6 Å². The number of benzene rings is 1. The van der Waals surface area contributed by atoms with Crippen molar-refractivity contribution in [2.45, 2.75) is 0 Å². The largest absolute Gasteiger partial charge is 1.00 e. The van der Waals surface area contributed by atoms with Gasteiger partial charge in [0.15, 0.2) is 0 Å². The molecule has 0 bridgehead atoms. The van der Waals surface area contributed by atoms with E-state index in [-0.39, 0.29) is 51.4 Å². The third-order valence-electron chi connectivity index (χ3n) is 1.20. The zero-order chi connectivity index (χ0) is 8.27. The molecule has 58 valence electrons. The molecule has 0 unspecified atom stereocenters. The number of rotatable bonds is 1. The number of hydrogen-bond acceptors (Lipinski definition) is 2. The standard InChI is InChI=1S/C7H5ClNO2.K/c8-6-3-1-5(2-4-6)7(10)9-11;/h1-4H,(H-,9,10,11);/q-1;+1. The van der Waals surface area contributed by atoms with Gasteiger partial charge in [0.25, 0.3) is 0 Å². The quantitative estimate of drug-likeness (QED) is 0.456. The van der Waals surface area contributed by atoms with Crippen LogP contribution in [-0.2, 0) is 0 Å². The first-order chi connectivity index (χ1) is 5.24. The van der Waals surface area contributed by atoms with Crippen molar-refractivity contribution in [3.05, 3.63) is 40.1 Å². The number of hydrogen-bond donors (Lipinski definition) is 1. The molecule has 3 nitrogen and oxygen atoms in total. The average molecular weight is 210 g/mol. The topological polar surface area (TPSA) is 52.2 Å². The van der Waals surface area contributed by atoms with Gasteiger partial charge in [0, 0.05) is 10.6 Å². The SMILES string of the molecule is O=C(N[O-])c1ccc(Cl)cc1.[K+]. The van der Waals surface area contributed by atoms with Gasteiger partial charge in [-0.25, -0.2) is 0 Å². The number of nitrogens with one attached hydrogen (secondary N) is 1. The molecule has 0 fully saturated rings. The second-order valence-corrected chi connectivity index (χ2v) is 2.37. The Labute approximate surface area is 117 Å². The van der Waals surface area contributed by atoms with Crippen LogP contribution in [-0.4, -0.2) is 5.91 Å². The van der Waals surface area contributed by atoms with Crippen LogP contribution < -0.4 is 56.9 Å². The molecule has 0 heterocycles. The maximum absolute atomic E-state index is 10.7. The smallest absolute Gasteiger partial charge is 0.759 e. The Morgan fingerprint density at radius 1 is 1.33 bits per heavy atom. The number of carbonyl (C=O) groups excluding carboxylic acids is 1. The molecular formula is C7H5ClKNO2. The van der Waals surface area contributed by atoms with Gasteiger partial charge in [-0.2, -0.15) is 0 Å². The zero-order valence-electron chi connectivity index (χ0n) is 6.50. The van der Waals surface area contributed by atoms with Gasteiger partial charge in [-0.05, 0) is 24.3 Å². The Morgan fingerprint density at radius 3 is 2.25 bits per heavy atom. The van der Waals surface area contributed by atoms with E-state index < -0.39 is 5.91 Å². The molecule has 1 N–H and O–H groups in total. The summed E-state index contributed by atoms with van der Waals surface area (Å²) in [6, 6.07) is 6.06. The van der Waals surface area contributed by atoms with Crippen molar-refractivity contribution in [2.24, 2.45) is 0 Å². The Kier molecular flexibility index (Phi) is 6.39. The molecule has 1 rings (SSSR count). The predicted molar refractivity (Wildman–Crippen MR) is 42.3 cm³/mol. The van der Waals surface area contributed by atoms with Crippen LogP contribution in [0, 0.1) is 5.21 Å². The predicted octanol–water partition coefficient (Wildman–Crippen LogP) is -1.43. The number of amides is 1. The van der Waals surface area contributed by atoms with Crippen LogP contribution in [0.1, 0.15) is 10.4 Å². The summed E-state index contributed by atoms with van der Waals surface area (Å²) in [7, 11) is 0. The van der Waals surface area contributed by atoms with Crippen molar-refractivity contribution >= 4 is 17.5 Å². The van der Waals surface area contributed by atoms with Crippen molar-refractivity contribution in [2.75, 3.05) is 0 Å². The summed E-state index contributed by atoms with van der Waals surface area (Å²) in [4.78, 5) is 10.7. The van der Waals surface area contributed by atoms with Gasteiger partial charge in [0.2, 0.25) is 5.91 Å². The molecule has 5 heteroatoms. The monoisotopic (exact) mass is 209 g/mol. The third kappa shape index (κ3) is 3.53. The summed E-state index contributed by atoms with van der Waals surface area (Å²) < 4.78 is 0. The van der Waals surface area contributed by atoms with Crippen molar-refractivity contribution in [3.63, 3.8) is 0 Å². The number of halogens is 1. The normalized spacial score (nSPS) is 8.50. The molecule has 0 aliphatic rings. The summed E-state index contributed by atoms with van der Waals surface area (Å²) in [5.74, 6) is -0.651. The van der Waals surface area contributed by atoms with Crippen molar-refractivity contribution in [1.82, 2.24) is 5.48 Å². The van der Waals surface area contributed by atoms with Gasteiger partial charge in [-0.3, -0.25) is 4.79 Å². The van der Waals surface area contributed by atoms with E-state index in [0.29, 0.717) is 10.6 Å². The van der Waals surface area contributed by atoms with Crippen LogP contribution >= 0.6 is 11.6 Å². The Bertz CT molecular complexity index is 263. The van der Waals surface area contributed by atoms with Crippen LogP contribution in [0.3, 0.4) is 0 Å². The molecular weight excluding hydrogens is 205 g/mol. The van der Waals surface area contributed by atoms with E-state index in [1.165, 1.54) is 17.6 Å². The molecule has 12 heavy (non-hydrogen) atoms. The fraction of sp³-hybridized carbons (Fsp3) is 0. The first kappa shape index (κ1) is 12.6. The molecule has 0 aliphatic heterocycles. The van der Waals surface area contributed by atoms with E-state index in [4.69, 9.17) is 11.6 Å². The fourth-order valence-corrected chi connectivity index (χ4v) is 0.786. The first-order valence-corrected chi connectivity index (χ1v) is 3.30. The fourth-order valence-electron chi connectivity index (χ4n) is 0.660. The molecule has 1 amide bonds. The van der Waals surface area contributed by atoms with Gasteiger partial charge >= 0.3 is 51.4 Å². The van der Waals surface area contributed by atoms with Crippen LogP contribution in [0.15, 0.2) is 24.3 Å². The number of carbonyl (C=O) groups is 1. The van der Waals surface area contributed by atoms with E-state index in [2.05, 4.69) is 0 Å². The minimum absolute atomic E-state index is 0. The Morgan fingerprint density at radius 2 is 1.83 bits per heavy atom. The summed E-state index contributed by atoms with van der Waals surface area (Å²) >= 11 is 5.55. The van der Waals surface area contributed by atoms with E-state index in [9.17, 15) is 10.0 Å². The maximum atomic E-state index is 10.7. The van der Waals surface area contributed by atoms with E-state index in [0.717, 1.165) is 0 Å². The summed E-state index contributed by atoms with van der Waals surface area (Å²) in [6.07, 6.45) is 0. The molecule has 1 aromatic carbocycles. The molecule has 0 saturated carbocycles. The first-order valence-electron chi connectivity index (χ1n) is 2.92. The summed E-state index contributed by atoms with van der Waals surface area (Å²) in [5.41, 5.74) is 1.58. The van der Waals surface area contributed by atoms with Crippen molar-refractivity contribution in [3.8, 4) is 0 Å². The molecule has 0 spiro atoms. The van der Waals surface area contributed by atoms with Crippen LogP contribution in [0.4, 0.5) is 0 Å². The zero-order valence-corrected chi connectivity index (χ0v) is 10.4. The minimum Gasteiger partial charge on any atom is -0.759 e.